The molecule has 1 saturated heterocycles. The highest BCUT2D eigenvalue weighted by Crippen LogP contribution is 2.11. The molecule has 1 aliphatic rings. The molecule has 17 heavy (non-hydrogen) atoms. The average molecular weight is 242 g/mol. The van der Waals surface area contributed by atoms with Crippen LogP contribution in [0.3, 0.4) is 0 Å². The van der Waals surface area contributed by atoms with E-state index in [2.05, 4.69) is 30.8 Å². The molecule has 0 bridgehead atoms. The normalized spacial score (nSPS) is 21.5. The molecule has 4 nitrogen and oxygen atoms in total. The minimum Gasteiger partial charge on any atom is -0.380 e. The first-order valence-electron chi connectivity index (χ1n) is 6.61. The zero-order valence-electron chi connectivity index (χ0n) is 11.4. The van der Waals surface area contributed by atoms with E-state index in [-0.39, 0.29) is 5.92 Å². The van der Waals surface area contributed by atoms with E-state index in [0.29, 0.717) is 25.4 Å². The van der Waals surface area contributed by atoms with E-state index in [1.165, 1.54) is 0 Å². The van der Waals surface area contributed by atoms with Crippen LogP contribution in [0.5, 0.6) is 0 Å². The van der Waals surface area contributed by atoms with E-state index in [9.17, 15) is 4.79 Å². The van der Waals surface area contributed by atoms with Gasteiger partial charge in [0.2, 0.25) is 0 Å². The third-order valence-corrected chi connectivity index (χ3v) is 3.15. The Balaban J connectivity index is 2.38. The van der Waals surface area contributed by atoms with Crippen molar-refractivity contribution in [1.82, 2.24) is 9.80 Å². The number of hydrogen-bond acceptors (Lipinski definition) is 4. The van der Waals surface area contributed by atoms with Crippen molar-refractivity contribution in [2.75, 3.05) is 53.5 Å². The molecule has 1 aliphatic heterocycles. The van der Waals surface area contributed by atoms with Gasteiger partial charge >= 0.3 is 0 Å². The summed E-state index contributed by atoms with van der Waals surface area (Å²) in [7, 11) is 4.16. The first-order valence-corrected chi connectivity index (χ1v) is 6.61. The Morgan fingerprint density at radius 3 is 2.65 bits per heavy atom. The maximum atomic E-state index is 11.8. The van der Waals surface area contributed by atoms with Crippen molar-refractivity contribution in [3.63, 3.8) is 0 Å². The molecule has 0 saturated carbocycles. The fourth-order valence-electron chi connectivity index (χ4n) is 2.11. The maximum Gasteiger partial charge on any atom is 0.141 e. The van der Waals surface area contributed by atoms with Gasteiger partial charge in [-0.1, -0.05) is 6.92 Å². The Labute approximate surface area is 105 Å². The van der Waals surface area contributed by atoms with Crippen LogP contribution < -0.4 is 0 Å². The molecule has 0 aromatic heterocycles. The molecule has 1 heterocycles. The topological polar surface area (TPSA) is 32.8 Å². The van der Waals surface area contributed by atoms with Gasteiger partial charge < -0.3 is 14.5 Å². The minimum absolute atomic E-state index is 0.0949. The molecule has 4 heteroatoms. The van der Waals surface area contributed by atoms with Gasteiger partial charge in [0.05, 0.1) is 19.1 Å². The summed E-state index contributed by atoms with van der Waals surface area (Å²) in [6, 6.07) is 0. The van der Waals surface area contributed by atoms with Gasteiger partial charge in [0.25, 0.3) is 0 Å². The molecule has 1 unspecified atom stereocenters. The summed E-state index contributed by atoms with van der Waals surface area (Å²) < 4.78 is 5.40. The van der Waals surface area contributed by atoms with E-state index >= 15 is 0 Å². The Bertz CT molecular complexity index is 231. The van der Waals surface area contributed by atoms with Crippen LogP contribution in [0.1, 0.15) is 19.8 Å². The van der Waals surface area contributed by atoms with Gasteiger partial charge in [0.15, 0.2) is 0 Å². The lowest BCUT2D eigenvalue weighted by Gasteiger charge is -2.29. The molecule has 0 radical (unpaired) electrons. The summed E-state index contributed by atoms with van der Waals surface area (Å²) in [5.74, 6) is 0.472. The first-order chi connectivity index (χ1) is 8.13. The predicted octanol–water partition coefficient (Wildman–Crippen LogP) is 0.866. The summed E-state index contributed by atoms with van der Waals surface area (Å²) in [6.07, 6.45) is 1.73. The van der Waals surface area contributed by atoms with E-state index in [4.69, 9.17) is 4.74 Å². The van der Waals surface area contributed by atoms with Crippen molar-refractivity contribution in [3.05, 3.63) is 0 Å². The van der Waals surface area contributed by atoms with E-state index in [0.717, 1.165) is 32.6 Å². The molecule has 1 fully saturated rings. The monoisotopic (exact) mass is 242 g/mol. The standard InChI is InChI=1S/C13H26N2O2/c1-4-6-15(8-7-14(2)3)10-12-11-17-9-5-13(12)16/h12H,4-11H2,1-3H3. The Morgan fingerprint density at radius 1 is 1.29 bits per heavy atom. The molecule has 100 valence electrons. The summed E-state index contributed by atoms with van der Waals surface area (Å²) in [5.41, 5.74) is 0. The molecule has 0 aromatic carbocycles. The largest absolute Gasteiger partial charge is 0.380 e. The van der Waals surface area contributed by atoms with E-state index < -0.39 is 0 Å². The zero-order valence-corrected chi connectivity index (χ0v) is 11.4. The summed E-state index contributed by atoms with van der Waals surface area (Å²) in [5, 5.41) is 0. The lowest BCUT2D eigenvalue weighted by molar-refractivity contribution is -0.131. The van der Waals surface area contributed by atoms with Crippen LogP contribution in [0, 0.1) is 5.92 Å². The van der Waals surface area contributed by atoms with Crippen LogP contribution in [-0.4, -0.2) is 69.1 Å². The number of likely N-dealkylation sites (N-methyl/N-ethyl adjacent to an activating group) is 1. The highest BCUT2D eigenvalue weighted by Gasteiger charge is 2.24. The second-order valence-corrected chi connectivity index (χ2v) is 5.09. The maximum absolute atomic E-state index is 11.8. The molecule has 0 aromatic rings. The Hall–Kier alpha value is -0.450. The number of carbonyl (C=O) groups is 1. The van der Waals surface area contributed by atoms with Gasteiger partial charge in [-0.15, -0.1) is 0 Å². The molecule has 0 aliphatic carbocycles. The van der Waals surface area contributed by atoms with Crippen LogP contribution in [0.2, 0.25) is 0 Å². The third kappa shape index (κ3) is 5.61. The van der Waals surface area contributed by atoms with Gasteiger partial charge in [-0.2, -0.15) is 0 Å². The van der Waals surface area contributed by atoms with Crippen molar-refractivity contribution >= 4 is 5.78 Å². The van der Waals surface area contributed by atoms with Gasteiger partial charge in [0, 0.05) is 26.1 Å². The first kappa shape index (κ1) is 14.6. The van der Waals surface area contributed by atoms with Gasteiger partial charge in [0.1, 0.15) is 5.78 Å². The van der Waals surface area contributed by atoms with Crippen LogP contribution >= 0.6 is 0 Å². The van der Waals surface area contributed by atoms with E-state index in [1.54, 1.807) is 0 Å². The molecular formula is C13H26N2O2. The number of carbonyl (C=O) groups excluding carboxylic acids is 1. The second kappa shape index (κ2) is 7.80. The summed E-state index contributed by atoms with van der Waals surface area (Å²) in [4.78, 5) is 16.3. The Morgan fingerprint density at radius 2 is 2.06 bits per heavy atom. The predicted molar refractivity (Wildman–Crippen MR) is 69.2 cm³/mol. The van der Waals surface area contributed by atoms with Gasteiger partial charge in [-0.05, 0) is 27.1 Å². The molecule has 0 spiro atoms. The summed E-state index contributed by atoms with van der Waals surface area (Å²) in [6.45, 7) is 7.41. The number of Topliss-reactive ketones (excluding diaryl/α,β-unsaturated/α-hetero) is 1. The van der Waals surface area contributed by atoms with Crippen LogP contribution in [0.4, 0.5) is 0 Å². The third-order valence-electron chi connectivity index (χ3n) is 3.15. The molecule has 0 N–H and O–H groups in total. The minimum atomic E-state index is 0.0949. The van der Waals surface area contributed by atoms with Crippen molar-refractivity contribution in [3.8, 4) is 0 Å². The van der Waals surface area contributed by atoms with Crippen molar-refractivity contribution in [1.29, 1.82) is 0 Å². The molecular weight excluding hydrogens is 216 g/mol. The highest BCUT2D eigenvalue weighted by atomic mass is 16.5. The lowest BCUT2D eigenvalue weighted by atomic mass is 10.00. The lowest BCUT2D eigenvalue weighted by Crippen LogP contribution is -2.41. The molecule has 0 amide bonds. The average Bonchev–Trinajstić information content (AvgIpc) is 2.29. The number of nitrogens with zero attached hydrogens (tertiary/aromatic N) is 2. The van der Waals surface area contributed by atoms with Crippen molar-refractivity contribution in [2.24, 2.45) is 5.92 Å². The number of rotatable bonds is 7. The van der Waals surface area contributed by atoms with Gasteiger partial charge in [-0.25, -0.2) is 0 Å². The Kier molecular flexibility index (Phi) is 6.70. The zero-order chi connectivity index (χ0) is 12.7. The van der Waals surface area contributed by atoms with E-state index in [1.807, 2.05) is 0 Å². The SMILES string of the molecule is CCCN(CCN(C)C)CC1COCCC1=O. The quantitative estimate of drug-likeness (QED) is 0.663. The van der Waals surface area contributed by atoms with Crippen LogP contribution in [0.15, 0.2) is 0 Å². The number of hydrogen-bond donors (Lipinski definition) is 0. The smallest absolute Gasteiger partial charge is 0.141 e. The van der Waals surface area contributed by atoms with Crippen LogP contribution in [-0.2, 0) is 9.53 Å². The highest BCUT2D eigenvalue weighted by molar-refractivity contribution is 5.82. The number of ether oxygens (including phenoxy) is 1. The van der Waals surface area contributed by atoms with Crippen molar-refractivity contribution in [2.45, 2.75) is 19.8 Å². The van der Waals surface area contributed by atoms with Gasteiger partial charge in [-0.3, -0.25) is 4.79 Å². The fourth-order valence-corrected chi connectivity index (χ4v) is 2.11. The number of ketones is 1. The molecule has 1 rings (SSSR count). The summed E-state index contributed by atoms with van der Waals surface area (Å²) >= 11 is 0. The second-order valence-electron chi connectivity index (χ2n) is 5.09. The van der Waals surface area contributed by atoms with Crippen LogP contribution in [0.25, 0.3) is 0 Å². The molecule has 1 atom stereocenters. The van der Waals surface area contributed by atoms with Crippen molar-refractivity contribution < 1.29 is 9.53 Å². The fraction of sp³-hybridized carbons (Fsp3) is 0.923.